The summed E-state index contributed by atoms with van der Waals surface area (Å²) in [5.41, 5.74) is 9.55. The average molecular weight is 1690 g/mol. The van der Waals surface area contributed by atoms with E-state index in [1.165, 1.54) is 0 Å². The van der Waals surface area contributed by atoms with E-state index in [2.05, 4.69) is 52.6 Å². The van der Waals surface area contributed by atoms with Crippen LogP contribution in [0.4, 0.5) is 0 Å². The highest BCUT2D eigenvalue weighted by Gasteiger charge is 2.18. The fourth-order valence-corrected chi connectivity index (χ4v) is 12.4. The Balaban J connectivity index is 0.948. The van der Waals surface area contributed by atoms with E-state index in [-0.39, 0.29) is 13.2 Å². The lowest BCUT2D eigenvalue weighted by atomic mass is 10.1. The second-order valence-electron chi connectivity index (χ2n) is 26.0. The molecule has 27 nitrogen and oxygen atoms in total. The van der Waals surface area contributed by atoms with Crippen LogP contribution in [0.1, 0.15) is 63.1 Å². The van der Waals surface area contributed by atoms with Crippen LogP contribution in [0.15, 0.2) is 121 Å². The third kappa shape index (κ3) is 37.8. The largest absolute Gasteiger partial charge is 0.491 e. The van der Waals surface area contributed by atoms with Gasteiger partial charge < -0.3 is 114 Å². The quantitative estimate of drug-likeness (QED) is 0.0211. The number of methoxy groups -OCH3 is 3. The highest BCUT2D eigenvalue weighted by atomic mass is 32.1. The van der Waals surface area contributed by atoms with Gasteiger partial charge in [-0.25, -0.2) is 14.8 Å². The first kappa shape index (κ1) is 95.4. The lowest BCUT2D eigenvalue weighted by molar-refractivity contribution is -0.145. The molecule has 2 aliphatic rings. The number of hydrogen-bond acceptors (Lipinski definition) is 27. The van der Waals surface area contributed by atoms with Crippen molar-refractivity contribution < 1.29 is 114 Å². The molecule has 0 spiro atoms. The van der Waals surface area contributed by atoms with Gasteiger partial charge in [0.05, 0.1) is 270 Å². The monoisotopic (exact) mass is 1690 g/mol. The molecule has 9 rings (SSSR count). The smallest absolute Gasteiger partial charge is 0.344 e. The fraction of sp³-hybridized carbons (Fsp3) is 0.452. The molecule has 28 heteroatoms. The molecule has 121 heavy (non-hydrogen) atoms. The molecule has 0 amide bonds. The first-order valence-electron chi connectivity index (χ1n) is 40.7. The minimum absolute atomic E-state index is 0.234. The summed E-state index contributed by atoms with van der Waals surface area (Å²) in [5, 5.41) is 0. The van der Waals surface area contributed by atoms with Crippen LogP contribution in [0, 0.1) is 35.5 Å². The number of nitrogens with zero attached hydrogens (tertiary/aromatic N) is 2. The summed E-state index contributed by atoms with van der Waals surface area (Å²) in [6.45, 7) is 18.0. The van der Waals surface area contributed by atoms with Gasteiger partial charge in [0.1, 0.15) is 42.8 Å². The number of hydrogen-bond donors (Lipinski definition) is 1. The summed E-state index contributed by atoms with van der Waals surface area (Å²) in [6, 6.07) is 38.7. The second-order valence-corrected chi connectivity index (χ2v) is 27.1. The third-order valence-electron chi connectivity index (χ3n) is 17.2. The van der Waals surface area contributed by atoms with E-state index in [9.17, 15) is 4.79 Å². The van der Waals surface area contributed by atoms with E-state index in [4.69, 9.17) is 119 Å². The number of fused-ring (bicyclic) bond motifs is 8. The van der Waals surface area contributed by atoms with Gasteiger partial charge in [-0.15, -0.1) is 11.3 Å². The van der Waals surface area contributed by atoms with Crippen LogP contribution in [0.5, 0.6) is 23.0 Å². The molecule has 2 aliphatic heterocycles. The highest BCUT2D eigenvalue weighted by Crippen LogP contribution is 2.37. The zero-order valence-corrected chi connectivity index (χ0v) is 70.6. The van der Waals surface area contributed by atoms with Crippen molar-refractivity contribution in [1.29, 1.82) is 0 Å². The molecule has 4 aromatic carbocycles. The zero-order chi connectivity index (χ0) is 84.3. The molecule has 8 bridgehead atoms. The maximum absolute atomic E-state index is 12.4. The molecular formula is C93H113N3O24S. The van der Waals surface area contributed by atoms with Crippen molar-refractivity contribution in [1.82, 2.24) is 15.0 Å². The summed E-state index contributed by atoms with van der Waals surface area (Å²) < 4.78 is 130. The molecule has 0 atom stereocenters. The minimum Gasteiger partial charge on any atom is -0.491 e. The topological polar surface area (TPSA) is 271 Å². The van der Waals surface area contributed by atoms with Crippen LogP contribution in [-0.4, -0.2) is 293 Å². The number of H-pyrrole nitrogens is 1. The number of thiophene rings is 1. The predicted octanol–water partition coefficient (Wildman–Crippen LogP) is 11.5. The maximum atomic E-state index is 12.4. The Morgan fingerprint density at radius 3 is 0.992 bits per heavy atom. The van der Waals surface area contributed by atoms with E-state index in [1.54, 1.807) is 39.6 Å². The highest BCUT2D eigenvalue weighted by molar-refractivity contribution is 7.24. The van der Waals surface area contributed by atoms with Crippen LogP contribution in [0.25, 0.3) is 55.9 Å². The fourth-order valence-electron chi connectivity index (χ4n) is 11.3. The molecule has 0 unspecified atom stereocenters. The number of nitrogens with one attached hydrogen (secondary N) is 1. The molecule has 3 aromatic heterocycles. The van der Waals surface area contributed by atoms with Crippen molar-refractivity contribution in [2.24, 2.45) is 0 Å². The van der Waals surface area contributed by atoms with Gasteiger partial charge in [0, 0.05) is 58.5 Å². The van der Waals surface area contributed by atoms with Crippen LogP contribution in [-0.2, 0) is 94.8 Å². The Kier molecular flexibility index (Phi) is 47.4. The first-order valence-corrected chi connectivity index (χ1v) is 41.5. The SMILES string of the molecule is CCOC(=O)COc1ccc(-c2c3ccc([nH]3)c(C#Cc3cccc(OCCOCCOCCOCCOCCOCCOC)c3)c3nc(c(C#Cc4cccc(OCCOCCOCCOCCOCCOCCOC)c4)c4nc(c(C#Cc5cccc(OCCOCCOCCOCCOCCOCCOC)c5)c5ccc2s5)C=C4)C=C3)cc1. The number of rotatable bonds is 62. The summed E-state index contributed by atoms with van der Waals surface area (Å²) >= 11 is 1.57. The lowest BCUT2D eigenvalue weighted by Gasteiger charge is -2.09. The average Bonchev–Trinajstić information content (AvgIpc) is 1.63. The summed E-state index contributed by atoms with van der Waals surface area (Å²) in [6.07, 6.45) is 7.80. The van der Waals surface area contributed by atoms with E-state index in [1.807, 2.05) is 133 Å². The van der Waals surface area contributed by atoms with E-state index >= 15 is 0 Å². The van der Waals surface area contributed by atoms with Crippen molar-refractivity contribution in [2.45, 2.75) is 6.92 Å². The molecule has 0 fully saturated rings. The molecule has 0 aliphatic carbocycles. The molecule has 0 radical (unpaired) electrons. The molecule has 0 saturated heterocycles. The Bertz CT molecular complexity index is 4370. The van der Waals surface area contributed by atoms with Crippen molar-refractivity contribution in [3.8, 4) is 69.6 Å². The van der Waals surface area contributed by atoms with Gasteiger partial charge in [-0.1, -0.05) is 65.9 Å². The Labute approximate surface area is 713 Å². The van der Waals surface area contributed by atoms with Crippen LogP contribution in [0.2, 0.25) is 0 Å². The van der Waals surface area contributed by atoms with Gasteiger partial charge in [0.2, 0.25) is 0 Å². The van der Waals surface area contributed by atoms with Crippen molar-refractivity contribution >= 4 is 62.0 Å². The molecule has 5 heterocycles. The first-order chi connectivity index (χ1) is 59.9. The number of ether oxygens (including phenoxy) is 23. The van der Waals surface area contributed by atoms with E-state index < -0.39 is 5.97 Å². The van der Waals surface area contributed by atoms with Gasteiger partial charge in [0.15, 0.2) is 6.61 Å². The number of carbonyl (C=O) groups is 1. The van der Waals surface area contributed by atoms with Crippen molar-refractivity contribution in [2.75, 3.05) is 272 Å². The molecule has 650 valence electrons. The molecule has 1 N–H and O–H groups in total. The Hall–Kier alpha value is -9.47. The second kappa shape index (κ2) is 60.1. The Morgan fingerprint density at radius 2 is 0.628 bits per heavy atom. The van der Waals surface area contributed by atoms with Gasteiger partial charge in [-0.2, -0.15) is 0 Å². The summed E-state index contributed by atoms with van der Waals surface area (Å²) in [4.78, 5) is 26.9. The Morgan fingerprint density at radius 1 is 0.314 bits per heavy atom. The summed E-state index contributed by atoms with van der Waals surface area (Å²) in [7, 11) is 4.92. The minimum atomic E-state index is -0.462. The maximum Gasteiger partial charge on any atom is 0.344 e. The van der Waals surface area contributed by atoms with E-state index in [0.29, 0.717) is 317 Å². The van der Waals surface area contributed by atoms with Gasteiger partial charge in [-0.05, 0) is 128 Å². The van der Waals surface area contributed by atoms with Gasteiger partial charge >= 0.3 is 5.97 Å². The van der Waals surface area contributed by atoms with Crippen LogP contribution >= 0.6 is 11.3 Å². The number of aromatic amines is 1. The van der Waals surface area contributed by atoms with Gasteiger partial charge in [0.25, 0.3) is 0 Å². The molecular weight excluding hydrogens is 1580 g/mol. The van der Waals surface area contributed by atoms with E-state index in [0.717, 1.165) is 31.6 Å². The van der Waals surface area contributed by atoms with Gasteiger partial charge in [-0.3, -0.25) is 0 Å². The third-order valence-corrected chi connectivity index (χ3v) is 18.3. The lowest BCUT2D eigenvalue weighted by Crippen LogP contribution is -2.14. The molecule has 0 saturated carbocycles. The zero-order valence-electron chi connectivity index (χ0n) is 69.8. The number of carbonyl (C=O) groups excluding carboxylic acids is 1. The number of benzene rings is 4. The van der Waals surface area contributed by atoms with Crippen molar-refractivity contribution in [3.63, 3.8) is 0 Å². The normalized spacial score (nSPS) is 11.4. The number of aromatic nitrogens is 3. The standard InChI is InChI=1S/C93H113N3O24S/c1-5-116-92(97)72-120-77-20-18-76(19-21-77)93-89-30-29-87(96-89)82(23-16-74-10-7-13-79(70-74)118-67-64-114-61-58-111-55-52-108-49-46-105-43-40-102-37-34-99-3)85-26-25-84(94-85)81(22-15-73-9-6-12-78(69-73)117-66-63-113-60-57-110-54-51-107-48-45-104-42-39-101-36-33-98-2)86-27-28-88(95-86)83(90-31-32-91(93)121-90)24-17-75-11-8-14-80(71-75)119-68-65-115-62-59-112-56-53-109-50-47-106-44-41-103-38-35-100-4/h6-14,18-21,25-32,69-71,96H,5,33-68,72H2,1-4H3. The number of esters is 1. The van der Waals surface area contributed by atoms with Crippen LogP contribution < -0.4 is 18.9 Å². The van der Waals surface area contributed by atoms with Crippen LogP contribution in [0.3, 0.4) is 0 Å². The predicted molar refractivity (Wildman–Crippen MR) is 462 cm³/mol. The van der Waals surface area contributed by atoms with Crippen molar-refractivity contribution in [3.05, 3.63) is 177 Å². The summed E-state index contributed by atoms with van der Waals surface area (Å²) in [5.74, 6) is 22.8. The molecule has 7 aromatic rings.